The lowest BCUT2D eigenvalue weighted by Gasteiger charge is -2.26. The third-order valence-electron chi connectivity index (χ3n) is 4.81. The average molecular weight is 308 g/mol. The molecule has 1 N–H and O–H groups in total. The van der Waals surface area contributed by atoms with E-state index in [2.05, 4.69) is 0 Å². The highest BCUT2D eigenvalue weighted by atomic mass is 19.1. The topological polar surface area (TPSA) is 55.8 Å². The number of hydrogen-bond donors (Lipinski definition) is 1. The normalized spacial score (nSPS) is 21.7. The van der Waals surface area contributed by atoms with E-state index in [1.807, 2.05) is 0 Å². The van der Waals surface area contributed by atoms with E-state index < -0.39 is 17.2 Å². The first-order chi connectivity index (χ1) is 10.6. The zero-order valence-electron chi connectivity index (χ0n) is 12.5. The van der Waals surface area contributed by atoms with E-state index in [1.54, 1.807) is 12.1 Å². The monoisotopic (exact) mass is 308 g/mol. The quantitative estimate of drug-likeness (QED) is 0.927. The Hall–Kier alpha value is -1.62. The minimum atomic E-state index is -0.932. The van der Waals surface area contributed by atoms with Crippen molar-refractivity contribution in [1.82, 2.24) is 0 Å². The summed E-state index contributed by atoms with van der Waals surface area (Å²) in [6.07, 6.45) is 4.35. The number of benzene rings is 1. The zero-order chi connectivity index (χ0) is 15.6. The molecule has 0 spiro atoms. The molecule has 3 rings (SSSR count). The molecule has 1 aliphatic heterocycles. The molecule has 0 atom stereocenters. The second kappa shape index (κ2) is 6.24. The van der Waals surface area contributed by atoms with Crippen LogP contribution < -0.4 is 4.74 Å². The number of aliphatic carboxylic acids is 1. The van der Waals surface area contributed by atoms with Gasteiger partial charge in [-0.05, 0) is 30.5 Å². The van der Waals surface area contributed by atoms with Gasteiger partial charge in [-0.1, -0.05) is 18.9 Å². The predicted molar refractivity (Wildman–Crippen MR) is 78.7 cm³/mol. The largest absolute Gasteiger partial charge is 0.487 e. The third kappa shape index (κ3) is 2.82. The smallest absolute Gasteiger partial charge is 0.314 e. The van der Waals surface area contributed by atoms with Crippen LogP contribution in [0, 0.1) is 5.82 Å². The summed E-state index contributed by atoms with van der Waals surface area (Å²) >= 11 is 0. The fourth-order valence-corrected chi connectivity index (χ4v) is 3.47. The van der Waals surface area contributed by atoms with E-state index >= 15 is 0 Å². The van der Waals surface area contributed by atoms with E-state index in [0.29, 0.717) is 31.6 Å². The number of ether oxygens (including phenoxy) is 2. The van der Waals surface area contributed by atoms with Crippen LogP contribution in [0.5, 0.6) is 5.75 Å². The summed E-state index contributed by atoms with van der Waals surface area (Å²) in [5.41, 5.74) is -0.382. The molecule has 2 aliphatic rings. The van der Waals surface area contributed by atoms with Gasteiger partial charge in [0.15, 0.2) is 11.6 Å². The second-order valence-corrected chi connectivity index (χ2v) is 6.17. The molecular formula is C17H21FO4. The Kier molecular flexibility index (Phi) is 4.34. The first-order valence-corrected chi connectivity index (χ1v) is 7.90. The molecule has 0 radical (unpaired) electrons. The summed E-state index contributed by atoms with van der Waals surface area (Å²) in [6.45, 7) is 1.26. The Morgan fingerprint density at radius 2 is 1.95 bits per heavy atom. The van der Waals surface area contributed by atoms with Gasteiger partial charge in [-0.15, -0.1) is 0 Å². The van der Waals surface area contributed by atoms with Gasteiger partial charge in [0, 0.05) is 12.8 Å². The van der Waals surface area contributed by atoms with Gasteiger partial charge < -0.3 is 14.6 Å². The van der Waals surface area contributed by atoms with Crippen LogP contribution in [0.3, 0.4) is 0 Å². The van der Waals surface area contributed by atoms with Crippen molar-refractivity contribution >= 4 is 5.97 Å². The Morgan fingerprint density at radius 1 is 1.27 bits per heavy atom. The molecule has 1 aromatic rings. The SMILES string of the molecule is O=C(O)C1(c2ccc(OC3CCOCC3)c(F)c2)CCCC1. The minimum absolute atomic E-state index is 0.0333. The highest BCUT2D eigenvalue weighted by Crippen LogP contribution is 2.42. The van der Waals surface area contributed by atoms with Gasteiger partial charge in [0.05, 0.1) is 18.6 Å². The lowest BCUT2D eigenvalue weighted by molar-refractivity contribution is -0.143. The molecule has 0 unspecified atom stereocenters. The summed E-state index contributed by atoms with van der Waals surface area (Å²) in [5.74, 6) is -1.13. The molecule has 4 nitrogen and oxygen atoms in total. The average Bonchev–Trinajstić information content (AvgIpc) is 3.01. The maximum Gasteiger partial charge on any atom is 0.314 e. The highest BCUT2D eigenvalue weighted by Gasteiger charge is 2.43. The van der Waals surface area contributed by atoms with E-state index in [1.165, 1.54) is 6.07 Å². The molecule has 0 aromatic heterocycles. The molecule has 1 saturated carbocycles. The fourth-order valence-electron chi connectivity index (χ4n) is 3.47. The van der Waals surface area contributed by atoms with Crippen molar-refractivity contribution in [3.05, 3.63) is 29.6 Å². The van der Waals surface area contributed by atoms with Gasteiger partial charge >= 0.3 is 5.97 Å². The lowest BCUT2D eigenvalue weighted by atomic mass is 9.79. The zero-order valence-corrected chi connectivity index (χ0v) is 12.5. The number of carbonyl (C=O) groups is 1. The summed E-state index contributed by atoms with van der Waals surface area (Å²) in [5, 5.41) is 9.57. The van der Waals surface area contributed by atoms with Crippen molar-refractivity contribution in [1.29, 1.82) is 0 Å². The highest BCUT2D eigenvalue weighted by molar-refractivity contribution is 5.81. The first-order valence-electron chi connectivity index (χ1n) is 7.90. The van der Waals surface area contributed by atoms with Crippen LogP contribution in [0.1, 0.15) is 44.1 Å². The van der Waals surface area contributed by atoms with E-state index in [4.69, 9.17) is 9.47 Å². The van der Waals surface area contributed by atoms with Crippen molar-refractivity contribution in [3.63, 3.8) is 0 Å². The van der Waals surface area contributed by atoms with Crippen LogP contribution in [0.15, 0.2) is 18.2 Å². The van der Waals surface area contributed by atoms with Crippen LogP contribution in [-0.2, 0) is 14.9 Å². The van der Waals surface area contributed by atoms with E-state index in [-0.39, 0.29) is 11.9 Å². The summed E-state index contributed by atoms with van der Waals surface area (Å²) in [7, 11) is 0. The maximum absolute atomic E-state index is 14.3. The number of carboxylic acid groups (broad SMARTS) is 1. The Bertz CT molecular complexity index is 546. The van der Waals surface area contributed by atoms with Crippen LogP contribution in [0.4, 0.5) is 4.39 Å². The van der Waals surface area contributed by atoms with Crippen molar-refractivity contribution in [2.24, 2.45) is 0 Å². The van der Waals surface area contributed by atoms with E-state index in [0.717, 1.165) is 25.7 Å². The van der Waals surface area contributed by atoms with Gasteiger partial charge in [-0.3, -0.25) is 4.79 Å². The summed E-state index contributed by atoms with van der Waals surface area (Å²) in [6, 6.07) is 4.62. The second-order valence-electron chi connectivity index (χ2n) is 6.17. The Morgan fingerprint density at radius 3 is 2.55 bits per heavy atom. The van der Waals surface area contributed by atoms with Crippen LogP contribution in [0.2, 0.25) is 0 Å². The fraction of sp³-hybridized carbons (Fsp3) is 0.588. The van der Waals surface area contributed by atoms with Crippen molar-refractivity contribution in [3.8, 4) is 5.75 Å². The molecule has 0 amide bonds. The predicted octanol–water partition coefficient (Wildman–Crippen LogP) is 3.28. The van der Waals surface area contributed by atoms with E-state index in [9.17, 15) is 14.3 Å². The Balaban J connectivity index is 1.80. The lowest BCUT2D eigenvalue weighted by Crippen LogP contribution is -2.32. The molecule has 0 bridgehead atoms. The van der Waals surface area contributed by atoms with Crippen LogP contribution in [-0.4, -0.2) is 30.4 Å². The van der Waals surface area contributed by atoms with Crippen molar-refractivity contribution in [2.75, 3.05) is 13.2 Å². The molecule has 2 fully saturated rings. The molecule has 1 aromatic carbocycles. The number of rotatable bonds is 4. The summed E-state index contributed by atoms with van der Waals surface area (Å²) in [4.78, 5) is 11.7. The van der Waals surface area contributed by atoms with Gasteiger partial charge in [0.2, 0.25) is 0 Å². The van der Waals surface area contributed by atoms with Crippen LogP contribution in [0.25, 0.3) is 0 Å². The van der Waals surface area contributed by atoms with Crippen molar-refractivity contribution in [2.45, 2.75) is 50.0 Å². The molecule has 22 heavy (non-hydrogen) atoms. The molecule has 120 valence electrons. The molecular weight excluding hydrogens is 287 g/mol. The number of hydrogen-bond acceptors (Lipinski definition) is 3. The van der Waals surface area contributed by atoms with Crippen LogP contribution >= 0.6 is 0 Å². The standard InChI is InChI=1S/C17H21FO4/c18-14-11-12(17(16(19)20)7-1-2-8-17)3-4-15(14)22-13-5-9-21-10-6-13/h3-4,11,13H,1-2,5-10H2,(H,19,20). The number of halogens is 1. The Labute approximate surface area is 129 Å². The van der Waals surface area contributed by atoms with Gasteiger partial charge in [0.25, 0.3) is 0 Å². The number of carboxylic acids is 1. The van der Waals surface area contributed by atoms with Gasteiger partial charge in [-0.25, -0.2) is 4.39 Å². The third-order valence-corrected chi connectivity index (χ3v) is 4.81. The van der Waals surface area contributed by atoms with Crippen molar-refractivity contribution < 1.29 is 23.8 Å². The van der Waals surface area contributed by atoms with Gasteiger partial charge in [0.1, 0.15) is 6.10 Å². The minimum Gasteiger partial charge on any atom is -0.487 e. The molecule has 1 heterocycles. The maximum atomic E-state index is 14.3. The van der Waals surface area contributed by atoms with Gasteiger partial charge in [-0.2, -0.15) is 0 Å². The summed E-state index contributed by atoms with van der Waals surface area (Å²) < 4.78 is 25.3. The molecule has 1 saturated heterocycles. The molecule has 1 aliphatic carbocycles. The first kappa shape index (κ1) is 15.3. The molecule has 5 heteroatoms.